The lowest BCUT2D eigenvalue weighted by atomic mass is 10.1. The number of carbonyl (C=O) groups excluding carboxylic acids is 2. The van der Waals surface area contributed by atoms with Crippen molar-refractivity contribution in [3.63, 3.8) is 0 Å². The number of hydrogen-bond donors (Lipinski definition) is 3. The van der Waals surface area contributed by atoms with Crippen LogP contribution in [0.25, 0.3) is 0 Å². The first-order valence-electron chi connectivity index (χ1n) is 9.44. The molecule has 0 spiro atoms. The van der Waals surface area contributed by atoms with E-state index in [0.717, 1.165) is 11.8 Å². The number of benzene rings is 2. The van der Waals surface area contributed by atoms with Crippen LogP contribution in [0.1, 0.15) is 0 Å². The van der Waals surface area contributed by atoms with Crippen molar-refractivity contribution in [2.45, 2.75) is 5.25 Å². The molecule has 2 amide bonds. The molecular formula is C21H18Cl4N4O3S. The van der Waals surface area contributed by atoms with Gasteiger partial charge in [0.2, 0.25) is 5.91 Å². The van der Waals surface area contributed by atoms with E-state index in [-0.39, 0.29) is 38.6 Å². The topological polar surface area (TPSA) is 106 Å². The quantitative estimate of drug-likeness (QED) is 0.332. The molecule has 1 heterocycles. The monoisotopic (exact) mass is 546 g/mol. The number of thioether (sulfide) groups is 1. The number of halogens is 4. The molecule has 0 fully saturated rings. The highest BCUT2D eigenvalue weighted by Crippen LogP contribution is 2.37. The van der Waals surface area contributed by atoms with Gasteiger partial charge in [-0.15, -0.1) is 0 Å². The first-order valence-corrected chi connectivity index (χ1v) is 11.8. The zero-order valence-corrected chi connectivity index (χ0v) is 21.0. The maximum Gasteiger partial charge on any atom is 0.255 e. The van der Waals surface area contributed by atoms with Crippen molar-refractivity contribution in [2.24, 2.45) is 10.7 Å². The Balaban J connectivity index is 1.91. The lowest BCUT2D eigenvalue weighted by Crippen LogP contribution is -2.32. The molecule has 1 aliphatic heterocycles. The van der Waals surface area contributed by atoms with Crippen LogP contribution >= 0.6 is 58.2 Å². The normalized spacial score (nSPS) is 16.9. The van der Waals surface area contributed by atoms with E-state index in [1.807, 2.05) is 0 Å². The van der Waals surface area contributed by atoms with Gasteiger partial charge >= 0.3 is 0 Å². The number of nitrogens with two attached hydrogens (primary N) is 1. The summed E-state index contributed by atoms with van der Waals surface area (Å²) in [5.74, 6) is -0.964. The lowest BCUT2D eigenvalue weighted by molar-refractivity contribution is -0.117. The number of ether oxygens (including phenoxy) is 1. The average Bonchev–Trinajstić information content (AvgIpc) is 3.09. The second-order valence-corrected chi connectivity index (χ2v) is 9.46. The molecule has 1 atom stereocenters. The van der Waals surface area contributed by atoms with Crippen LogP contribution in [0.2, 0.25) is 20.1 Å². The van der Waals surface area contributed by atoms with Crippen LogP contribution in [-0.4, -0.2) is 42.4 Å². The van der Waals surface area contributed by atoms with E-state index in [4.69, 9.17) is 56.9 Å². The maximum atomic E-state index is 13.0. The number of methoxy groups -OCH3 is 1. The van der Waals surface area contributed by atoms with Crippen LogP contribution in [0.3, 0.4) is 0 Å². The van der Waals surface area contributed by atoms with Crippen molar-refractivity contribution in [3.05, 3.63) is 67.8 Å². The minimum absolute atomic E-state index is 0.0660. The molecular weight excluding hydrogens is 530 g/mol. The molecule has 174 valence electrons. The van der Waals surface area contributed by atoms with Gasteiger partial charge in [-0.05, 0) is 36.4 Å². The van der Waals surface area contributed by atoms with E-state index < -0.39 is 17.1 Å². The Kier molecular flexibility index (Phi) is 8.92. The van der Waals surface area contributed by atoms with Crippen LogP contribution in [-0.2, 0) is 14.3 Å². The van der Waals surface area contributed by atoms with Gasteiger partial charge in [-0.2, -0.15) is 0 Å². The number of rotatable bonds is 7. The Hall–Kier alpha value is -1.94. The minimum atomic E-state index is -0.926. The molecule has 0 saturated carbocycles. The van der Waals surface area contributed by atoms with Crippen molar-refractivity contribution >= 4 is 86.4 Å². The van der Waals surface area contributed by atoms with Crippen molar-refractivity contribution in [2.75, 3.05) is 25.6 Å². The third kappa shape index (κ3) is 6.35. The van der Waals surface area contributed by atoms with Gasteiger partial charge in [0.15, 0.2) is 0 Å². The van der Waals surface area contributed by atoms with Gasteiger partial charge in [0.25, 0.3) is 5.91 Å². The summed E-state index contributed by atoms with van der Waals surface area (Å²) in [5, 5.41) is 5.99. The van der Waals surface area contributed by atoms with E-state index in [2.05, 4.69) is 15.6 Å². The first kappa shape index (κ1) is 25.7. The largest absolute Gasteiger partial charge is 0.400 e. The van der Waals surface area contributed by atoms with Crippen molar-refractivity contribution in [1.29, 1.82) is 0 Å². The standard InChI is InChI=1S/C21H18Cl4N4O3S/c1-32-7-6-27-19(30)16-17(26)18(33-21(16)28-11-4-2-10(22)3-5-11)20(31)29-15-9-13(24)12(23)8-14(15)25/h2-5,8-9,18H,6-7,26H2,1H3,(H,27,30)(H,29,31). The Morgan fingerprint density at radius 3 is 2.42 bits per heavy atom. The smallest absolute Gasteiger partial charge is 0.255 e. The Morgan fingerprint density at radius 1 is 1.09 bits per heavy atom. The molecule has 2 aromatic rings. The van der Waals surface area contributed by atoms with E-state index in [1.54, 1.807) is 24.3 Å². The fourth-order valence-electron chi connectivity index (χ4n) is 2.80. The zero-order chi connectivity index (χ0) is 24.1. The van der Waals surface area contributed by atoms with E-state index >= 15 is 0 Å². The number of nitrogens with one attached hydrogen (secondary N) is 2. The van der Waals surface area contributed by atoms with Gasteiger partial charge in [-0.1, -0.05) is 58.2 Å². The van der Waals surface area contributed by atoms with E-state index in [9.17, 15) is 9.59 Å². The Labute approximate surface area is 214 Å². The van der Waals surface area contributed by atoms with Gasteiger partial charge in [0.05, 0.1) is 38.6 Å². The Morgan fingerprint density at radius 2 is 1.76 bits per heavy atom. The molecule has 0 aromatic heterocycles. The zero-order valence-electron chi connectivity index (χ0n) is 17.1. The number of carbonyl (C=O) groups is 2. The summed E-state index contributed by atoms with van der Waals surface area (Å²) in [6.45, 7) is 0.580. The van der Waals surface area contributed by atoms with E-state index in [0.29, 0.717) is 22.4 Å². The van der Waals surface area contributed by atoms with Crippen LogP contribution in [0.4, 0.5) is 11.4 Å². The highest BCUT2D eigenvalue weighted by atomic mass is 35.5. The molecule has 1 unspecified atom stereocenters. The van der Waals surface area contributed by atoms with Crippen molar-refractivity contribution < 1.29 is 14.3 Å². The molecule has 0 aliphatic carbocycles. The number of amides is 2. The summed E-state index contributed by atoms with van der Waals surface area (Å²) in [4.78, 5) is 30.4. The van der Waals surface area contributed by atoms with Gasteiger partial charge in [-0.25, -0.2) is 4.99 Å². The third-order valence-corrected chi connectivity index (χ3v) is 6.91. The van der Waals surface area contributed by atoms with Crippen molar-refractivity contribution in [1.82, 2.24) is 5.32 Å². The number of nitrogens with zero attached hydrogens (tertiary/aromatic N) is 1. The molecule has 33 heavy (non-hydrogen) atoms. The number of aliphatic imine (C=N–C) groups is 1. The van der Waals surface area contributed by atoms with Gasteiger partial charge in [-0.3, -0.25) is 9.59 Å². The minimum Gasteiger partial charge on any atom is -0.400 e. The van der Waals surface area contributed by atoms with Crippen LogP contribution in [0.5, 0.6) is 0 Å². The predicted molar refractivity (Wildman–Crippen MR) is 136 cm³/mol. The summed E-state index contributed by atoms with van der Waals surface area (Å²) in [5.41, 5.74) is 7.26. The summed E-state index contributed by atoms with van der Waals surface area (Å²) >= 11 is 25.1. The van der Waals surface area contributed by atoms with Crippen LogP contribution < -0.4 is 16.4 Å². The molecule has 3 rings (SSSR count). The Bertz CT molecular complexity index is 1140. The second-order valence-electron chi connectivity index (χ2n) is 6.71. The van der Waals surface area contributed by atoms with Crippen LogP contribution in [0, 0.1) is 0 Å². The summed E-state index contributed by atoms with van der Waals surface area (Å²) in [6.07, 6.45) is 0. The van der Waals surface area contributed by atoms with Gasteiger partial charge < -0.3 is 21.1 Å². The second kappa shape index (κ2) is 11.5. The van der Waals surface area contributed by atoms with Crippen LogP contribution in [0.15, 0.2) is 52.7 Å². The molecule has 0 saturated heterocycles. The molecule has 0 bridgehead atoms. The molecule has 2 aromatic carbocycles. The fourth-order valence-corrected chi connectivity index (χ4v) is 4.64. The first-order chi connectivity index (χ1) is 15.7. The third-order valence-electron chi connectivity index (χ3n) is 4.40. The fraction of sp³-hybridized carbons (Fsp3) is 0.190. The summed E-state index contributed by atoms with van der Waals surface area (Å²) in [6, 6.07) is 9.57. The predicted octanol–water partition coefficient (Wildman–Crippen LogP) is 5.06. The molecule has 7 nitrogen and oxygen atoms in total. The van der Waals surface area contributed by atoms with Gasteiger partial charge in [0.1, 0.15) is 10.3 Å². The molecule has 0 radical (unpaired) electrons. The highest BCUT2D eigenvalue weighted by Gasteiger charge is 2.38. The van der Waals surface area contributed by atoms with Crippen molar-refractivity contribution in [3.8, 4) is 0 Å². The maximum absolute atomic E-state index is 13.0. The molecule has 4 N–H and O–H groups in total. The van der Waals surface area contributed by atoms with E-state index in [1.165, 1.54) is 19.2 Å². The lowest BCUT2D eigenvalue weighted by Gasteiger charge is -2.13. The average molecular weight is 548 g/mol. The summed E-state index contributed by atoms with van der Waals surface area (Å²) in [7, 11) is 1.52. The highest BCUT2D eigenvalue weighted by molar-refractivity contribution is 8.16. The number of hydrogen-bond acceptors (Lipinski definition) is 6. The molecule has 1 aliphatic rings. The van der Waals surface area contributed by atoms with Gasteiger partial charge in [0, 0.05) is 24.4 Å². The molecule has 12 heteroatoms. The SMILES string of the molecule is COCCNC(=O)C1=C(N)C(C(=O)Nc2cc(Cl)c(Cl)cc2Cl)SC1=Nc1ccc(Cl)cc1. The number of anilines is 1. The summed E-state index contributed by atoms with van der Waals surface area (Å²) < 4.78 is 4.96.